The van der Waals surface area contributed by atoms with Crippen LogP contribution in [-0.2, 0) is 4.79 Å². The van der Waals surface area contributed by atoms with Crippen molar-refractivity contribution in [2.24, 2.45) is 5.92 Å². The molecule has 1 aliphatic heterocycles. The van der Waals surface area contributed by atoms with E-state index in [1.807, 2.05) is 44.2 Å². The summed E-state index contributed by atoms with van der Waals surface area (Å²) in [4.78, 5) is 30.3. The molecule has 23 heavy (non-hydrogen) atoms. The number of carbonyl (C=O) groups is 2. The number of pyridine rings is 1. The second kappa shape index (κ2) is 5.99. The number of nitrogens with zero attached hydrogens (tertiary/aromatic N) is 2. The van der Waals surface area contributed by atoms with E-state index in [4.69, 9.17) is 5.11 Å². The number of fused-ring (bicyclic) bond motifs is 1. The Balaban J connectivity index is 2.01. The minimum Gasteiger partial charge on any atom is -0.481 e. The van der Waals surface area contributed by atoms with Crippen LogP contribution in [-0.4, -0.2) is 40.0 Å². The molecule has 1 aromatic heterocycles. The highest BCUT2D eigenvalue weighted by Gasteiger charge is 2.32. The molecule has 0 aliphatic carbocycles. The Kier molecular flexibility index (Phi) is 4.03. The van der Waals surface area contributed by atoms with Crippen LogP contribution in [0.5, 0.6) is 0 Å². The molecule has 1 aliphatic rings. The highest BCUT2D eigenvalue weighted by Crippen LogP contribution is 2.26. The molecule has 1 N–H and O–H groups in total. The Morgan fingerprint density at radius 1 is 1.30 bits per heavy atom. The van der Waals surface area contributed by atoms with Crippen LogP contribution in [0.4, 0.5) is 0 Å². The first kappa shape index (κ1) is 15.5. The Hall–Kier alpha value is -2.43. The number of aliphatic carboxylic acids is 1. The van der Waals surface area contributed by atoms with Gasteiger partial charge in [-0.05, 0) is 24.5 Å². The number of benzene rings is 1. The topological polar surface area (TPSA) is 70.5 Å². The number of aromatic nitrogens is 1. The molecular formula is C18H20N2O3. The Bertz CT molecular complexity index is 770. The molecule has 1 fully saturated rings. The van der Waals surface area contributed by atoms with Gasteiger partial charge in [-0.2, -0.15) is 0 Å². The van der Waals surface area contributed by atoms with Crippen LogP contribution in [0.1, 0.15) is 42.2 Å². The van der Waals surface area contributed by atoms with Gasteiger partial charge in [-0.3, -0.25) is 14.6 Å². The van der Waals surface area contributed by atoms with E-state index < -0.39 is 11.9 Å². The monoisotopic (exact) mass is 312 g/mol. The average Bonchev–Trinajstić information content (AvgIpc) is 3.03. The smallest absolute Gasteiger partial charge is 0.308 e. The van der Waals surface area contributed by atoms with Crippen molar-refractivity contribution in [3.63, 3.8) is 0 Å². The number of carboxylic acids is 1. The van der Waals surface area contributed by atoms with Gasteiger partial charge in [-0.15, -0.1) is 0 Å². The highest BCUT2D eigenvalue weighted by atomic mass is 16.4. The third kappa shape index (κ3) is 2.91. The summed E-state index contributed by atoms with van der Waals surface area (Å²) in [5.74, 6) is -1.18. The van der Waals surface area contributed by atoms with Crippen molar-refractivity contribution in [2.45, 2.75) is 26.2 Å². The van der Waals surface area contributed by atoms with E-state index in [1.165, 1.54) is 0 Å². The summed E-state index contributed by atoms with van der Waals surface area (Å²) in [6.45, 7) is 4.86. The fraction of sp³-hybridized carbons (Fsp3) is 0.389. The summed E-state index contributed by atoms with van der Waals surface area (Å²) >= 11 is 0. The standard InChI is InChI=1S/C18H20N2O3/c1-11(2)16-9-14(13-5-3-4-6-15(13)19-16)17(21)20-8-7-12(10-20)18(22)23/h3-6,9,11-12H,7-8,10H2,1-2H3,(H,22,23)/t12-/m1/s1. The number of rotatable bonds is 3. The molecule has 0 unspecified atom stereocenters. The van der Waals surface area contributed by atoms with Crippen molar-refractivity contribution in [3.8, 4) is 0 Å². The van der Waals surface area contributed by atoms with E-state index in [2.05, 4.69) is 4.98 Å². The molecule has 5 heteroatoms. The Morgan fingerprint density at radius 3 is 2.70 bits per heavy atom. The molecule has 2 aromatic rings. The fourth-order valence-electron chi connectivity index (χ4n) is 2.99. The van der Waals surface area contributed by atoms with Gasteiger partial charge < -0.3 is 10.0 Å². The van der Waals surface area contributed by atoms with Crippen LogP contribution in [0.25, 0.3) is 10.9 Å². The number of carbonyl (C=O) groups excluding carboxylic acids is 1. The minimum absolute atomic E-state index is 0.103. The third-order valence-corrected chi connectivity index (χ3v) is 4.38. The second-order valence-electron chi connectivity index (χ2n) is 6.34. The normalized spacial score (nSPS) is 17.9. The van der Waals surface area contributed by atoms with Crippen molar-refractivity contribution in [1.82, 2.24) is 9.88 Å². The van der Waals surface area contributed by atoms with E-state index in [0.29, 0.717) is 18.5 Å². The summed E-state index contributed by atoms with van der Waals surface area (Å²) in [5, 5.41) is 9.94. The molecule has 2 heterocycles. The third-order valence-electron chi connectivity index (χ3n) is 4.38. The molecule has 0 radical (unpaired) electrons. The molecule has 1 saturated heterocycles. The van der Waals surface area contributed by atoms with Gasteiger partial charge in [0.25, 0.3) is 5.91 Å². The maximum absolute atomic E-state index is 12.9. The molecule has 1 atom stereocenters. The molecule has 0 bridgehead atoms. The van der Waals surface area contributed by atoms with Gasteiger partial charge in [-0.25, -0.2) is 0 Å². The maximum Gasteiger partial charge on any atom is 0.308 e. The van der Waals surface area contributed by atoms with Crippen molar-refractivity contribution >= 4 is 22.8 Å². The zero-order valence-electron chi connectivity index (χ0n) is 13.3. The van der Waals surface area contributed by atoms with Crippen LogP contribution in [0.15, 0.2) is 30.3 Å². The van der Waals surface area contributed by atoms with Crippen LogP contribution >= 0.6 is 0 Å². The first-order valence-corrected chi connectivity index (χ1v) is 7.89. The first-order chi connectivity index (χ1) is 11.0. The molecule has 120 valence electrons. The summed E-state index contributed by atoms with van der Waals surface area (Å²) < 4.78 is 0. The Labute approximate surface area is 134 Å². The molecule has 1 aromatic carbocycles. The second-order valence-corrected chi connectivity index (χ2v) is 6.34. The Morgan fingerprint density at radius 2 is 2.04 bits per heavy atom. The van der Waals surface area contributed by atoms with Gasteiger partial charge in [0, 0.05) is 24.2 Å². The van der Waals surface area contributed by atoms with Gasteiger partial charge in [-0.1, -0.05) is 32.0 Å². The molecular weight excluding hydrogens is 292 g/mol. The number of para-hydroxylation sites is 1. The predicted octanol–water partition coefficient (Wildman–Crippen LogP) is 2.90. The van der Waals surface area contributed by atoms with Crippen molar-refractivity contribution in [2.75, 3.05) is 13.1 Å². The van der Waals surface area contributed by atoms with Crippen molar-refractivity contribution < 1.29 is 14.7 Å². The maximum atomic E-state index is 12.9. The number of hydrogen-bond acceptors (Lipinski definition) is 3. The summed E-state index contributed by atoms with van der Waals surface area (Å²) in [5.41, 5.74) is 2.29. The SMILES string of the molecule is CC(C)c1cc(C(=O)N2CC[C@@H](C(=O)O)C2)c2ccccc2n1. The minimum atomic E-state index is -0.831. The van der Waals surface area contributed by atoms with Crippen LogP contribution in [0, 0.1) is 5.92 Å². The van der Waals surface area contributed by atoms with Crippen LogP contribution < -0.4 is 0 Å². The zero-order valence-corrected chi connectivity index (χ0v) is 13.3. The van der Waals surface area contributed by atoms with Crippen LogP contribution in [0.3, 0.4) is 0 Å². The van der Waals surface area contributed by atoms with Gasteiger partial charge in [0.15, 0.2) is 0 Å². The summed E-state index contributed by atoms with van der Waals surface area (Å²) in [7, 11) is 0. The molecule has 3 rings (SSSR count). The molecule has 0 saturated carbocycles. The van der Waals surface area contributed by atoms with Gasteiger partial charge in [0.05, 0.1) is 17.0 Å². The van der Waals surface area contributed by atoms with Crippen LogP contribution in [0.2, 0.25) is 0 Å². The van der Waals surface area contributed by atoms with E-state index in [1.54, 1.807) is 4.90 Å². The lowest BCUT2D eigenvalue weighted by Gasteiger charge is -2.18. The van der Waals surface area contributed by atoms with E-state index >= 15 is 0 Å². The van der Waals surface area contributed by atoms with Gasteiger partial charge in [0.1, 0.15) is 0 Å². The molecule has 0 spiro atoms. The highest BCUT2D eigenvalue weighted by molar-refractivity contribution is 6.06. The van der Waals surface area contributed by atoms with Crippen molar-refractivity contribution in [1.29, 1.82) is 0 Å². The lowest BCUT2D eigenvalue weighted by atomic mass is 10.0. The lowest BCUT2D eigenvalue weighted by Crippen LogP contribution is -2.30. The van der Waals surface area contributed by atoms with Crippen molar-refractivity contribution in [3.05, 3.63) is 41.6 Å². The fourth-order valence-corrected chi connectivity index (χ4v) is 2.99. The van der Waals surface area contributed by atoms with E-state index in [0.717, 1.165) is 16.6 Å². The lowest BCUT2D eigenvalue weighted by molar-refractivity contribution is -0.141. The zero-order chi connectivity index (χ0) is 16.6. The molecule has 1 amide bonds. The van der Waals surface area contributed by atoms with E-state index in [-0.39, 0.29) is 18.4 Å². The summed E-state index contributed by atoms with van der Waals surface area (Å²) in [6, 6.07) is 9.44. The number of amides is 1. The molecule has 5 nitrogen and oxygen atoms in total. The largest absolute Gasteiger partial charge is 0.481 e. The average molecular weight is 312 g/mol. The first-order valence-electron chi connectivity index (χ1n) is 7.89. The number of carboxylic acid groups (broad SMARTS) is 1. The van der Waals surface area contributed by atoms with Gasteiger partial charge in [0.2, 0.25) is 0 Å². The predicted molar refractivity (Wildman–Crippen MR) is 87.5 cm³/mol. The number of hydrogen-bond donors (Lipinski definition) is 1. The number of likely N-dealkylation sites (tertiary alicyclic amines) is 1. The quantitative estimate of drug-likeness (QED) is 0.946. The van der Waals surface area contributed by atoms with E-state index in [9.17, 15) is 9.59 Å². The van der Waals surface area contributed by atoms with Gasteiger partial charge >= 0.3 is 5.97 Å². The summed E-state index contributed by atoms with van der Waals surface area (Å²) in [6.07, 6.45) is 0.515.